The van der Waals surface area contributed by atoms with Gasteiger partial charge in [0.2, 0.25) is 0 Å². The molecule has 0 spiro atoms. The minimum Gasteiger partial charge on any atom is -0.364 e. The highest BCUT2D eigenvalue weighted by Gasteiger charge is 2.15. The van der Waals surface area contributed by atoms with Gasteiger partial charge in [0, 0.05) is 4.88 Å². The van der Waals surface area contributed by atoms with Crippen LogP contribution in [0.25, 0.3) is 0 Å². The molecule has 4 heteroatoms. The van der Waals surface area contributed by atoms with Gasteiger partial charge in [0.1, 0.15) is 5.69 Å². The van der Waals surface area contributed by atoms with Gasteiger partial charge < -0.3 is 5.73 Å². The van der Waals surface area contributed by atoms with E-state index in [4.69, 9.17) is 5.73 Å². The molecule has 0 saturated carbocycles. The highest BCUT2D eigenvalue weighted by Crippen LogP contribution is 2.24. The zero-order valence-electron chi connectivity index (χ0n) is 8.83. The van der Waals surface area contributed by atoms with Crippen molar-refractivity contribution in [1.29, 1.82) is 0 Å². The number of hydrogen-bond donors (Lipinski definition) is 1. The predicted molar refractivity (Wildman–Crippen MR) is 58.4 cm³/mol. The van der Waals surface area contributed by atoms with Gasteiger partial charge in [0.25, 0.3) is 5.91 Å². The Balaban J connectivity index is 2.68. The summed E-state index contributed by atoms with van der Waals surface area (Å²) in [5.74, 6) is -0.421. The average Bonchev–Trinajstić information content (AvgIpc) is 2.46. The van der Waals surface area contributed by atoms with E-state index in [0.29, 0.717) is 5.69 Å². The number of rotatable bonds is 3. The average molecular weight is 212 g/mol. The van der Waals surface area contributed by atoms with Crippen LogP contribution in [0, 0.1) is 5.41 Å². The van der Waals surface area contributed by atoms with Crippen molar-refractivity contribution in [2.45, 2.75) is 33.6 Å². The van der Waals surface area contributed by atoms with E-state index in [0.717, 1.165) is 17.7 Å². The molecule has 0 aliphatic carbocycles. The summed E-state index contributed by atoms with van der Waals surface area (Å²) in [6.45, 7) is 6.54. The summed E-state index contributed by atoms with van der Waals surface area (Å²) < 4.78 is 0. The molecule has 1 aromatic rings. The van der Waals surface area contributed by atoms with Crippen LogP contribution in [0.3, 0.4) is 0 Å². The summed E-state index contributed by atoms with van der Waals surface area (Å²) in [6.07, 6.45) is 1.92. The lowest BCUT2D eigenvalue weighted by atomic mass is 9.90. The maximum atomic E-state index is 11.0. The molecule has 0 aliphatic rings. The van der Waals surface area contributed by atoms with Gasteiger partial charge >= 0.3 is 0 Å². The molecular weight excluding hydrogens is 196 g/mol. The minimum absolute atomic E-state index is 0.277. The number of nitrogens with zero attached hydrogens (tertiary/aromatic N) is 1. The van der Waals surface area contributed by atoms with Gasteiger partial charge in [-0.2, -0.15) is 0 Å². The Kier molecular flexibility index (Phi) is 3.26. The Morgan fingerprint density at radius 1 is 1.57 bits per heavy atom. The fourth-order valence-corrected chi connectivity index (χ4v) is 1.91. The van der Waals surface area contributed by atoms with E-state index in [1.54, 1.807) is 5.51 Å². The second kappa shape index (κ2) is 4.09. The predicted octanol–water partition coefficient (Wildman–Crippen LogP) is 2.22. The molecule has 0 fully saturated rings. The summed E-state index contributed by atoms with van der Waals surface area (Å²) >= 11 is 1.51. The van der Waals surface area contributed by atoms with Crippen molar-refractivity contribution in [3.8, 4) is 0 Å². The molecular formula is C10H16N2OS. The lowest BCUT2D eigenvalue weighted by Crippen LogP contribution is -2.14. The fourth-order valence-electron chi connectivity index (χ4n) is 1.14. The van der Waals surface area contributed by atoms with Crippen molar-refractivity contribution >= 4 is 17.2 Å². The molecule has 0 radical (unpaired) electrons. The van der Waals surface area contributed by atoms with E-state index in [-0.39, 0.29) is 5.41 Å². The Labute approximate surface area is 88.3 Å². The number of aryl methyl sites for hydroxylation is 1. The zero-order chi connectivity index (χ0) is 10.8. The molecule has 0 atom stereocenters. The normalized spacial score (nSPS) is 11.6. The number of carbonyl (C=O) groups excluding carboxylic acids is 1. The molecule has 1 heterocycles. The van der Waals surface area contributed by atoms with Gasteiger partial charge in [-0.05, 0) is 18.3 Å². The Morgan fingerprint density at radius 3 is 2.71 bits per heavy atom. The van der Waals surface area contributed by atoms with E-state index in [1.165, 1.54) is 11.3 Å². The monoisotopic (exact) mass is 212 g/mol. The lowest BCUT2D eigenvalue weighted by Gasteiger charge is -2.17. The van der Waals surface area contributed by atoms with E-state index in [9.17, 15) is 4.79 Å². The Bertz CT molecular complexity index is 325. The van der Waals surface area contributed by atoms with Crippen LogP contribution in [-0.4, -0.2) is 10.9 Å². The minimum atomic E-state index is -0.421. The van der Waals surface area contributed by atoms with E-state index in [2.05, 4.69) is 25.8 Å². The van der Waals surface area contributed by atoms with Crippen molar-refractivity contribution < 1.29 is 4.79 Å². The first-order valence-electron chi connectivity index (χ1n) is 4.62. The number of hydrogen-bond acceptors (Lipinski definition) is 3. The first-order valence-corrected chi connectivity index (χ1v) is 5.50. The van der Waals surface area contributed by atoms with Crippen molar-refractivity contribution in [1.82, 2.24) is 4.98 Å². The molecule has 2 N–H and O–H groups in total. The van der Waals surface area contributed by atoms with Crippen LogP contribution in [0.2, 0.25) is 0 Å². The summed E-state index contributed by atoms with van der Waals surface area (Å²) in [6, 6.07) is 0. The number of aromatic nitrogens is 1. The molecule has 0 aromatic carbocycles. The number of nitrogens with two attached hydrogens (primary N) is 1. The van der Waals surface area contributed by atoms with E-state index >= 15 is 0 Å². The van der Waals surface area contributed by atoms with Crippen LogP contribution in [0.1, 0.15) is 42.6 Å². The van der Waals surface area contributed by atoms with Gasteiger partial charge in [-0.1, -0.05) is 20.8 Å². The third-order valence-electron chi connectivity index (χ3n) is 1.98. The van der Waals surface area contributed by atoms with Gasteiger partial charge in [-0.3, -0.25) is 4.79 Å². The van der Waals surface area contributed by atoms with Crippen LogP contribution in [0.5, 0.6) is 0 Å². The van der Waals surface area contributed by atoms with Gasteiger partial charge in [-0.25, -0.2) is 4.98 Å². The summed E-state index contributed by atoms with van der Waals surface area (Å²) in [4.78, 5) is 15.9. The van der Waals surface area contributed by atoms with Crippen LogP contribution in [0.15, 0.2) is 5.51 Å². The van der Waals surface area contributed by atoms with E-state index in [1.807, 2.05) is 0 Å². The highest BCUT2D eigenvalue weighted by atomic mass is 32.1. The molecule has 78 valence electrons. The second-order valence-electron chi connectivity index (χ2n) is 4.55. The molecule has 1 aromatic heterocycles. The van der Waals surface area contributed by atoms with Crippen molar-refractivity contribution in [2.75, 3.05) is 0 Å². The third-order valence-corrected chi connectivity index (χ3v) is 2.87. The highest BCUT2D eigenvalue weighted by molar-refractivity contribution is 7.09. The quantitative estimate of drug-likeness (QED) is 0.835. The molecule has 0 unspecified atom stereocenters. The maximum Gasteiger partial charge on any atom is 0.268 e. The van der Waals surface area contributed by atoms with Gasteiger partial charge in [0.15, 0.2) is 0 Å². The zero-order valence-corrected chi connectivity index (χ0v) is 9.65. The third kappa shape index (κ3) is 3.10. The topological polar surface area (TPSA) is 56.0 Å². The number of amides is 1. The Morgan fingerprint density at radius 2 is 2.21 bits per heavy atom. The molecule has 14 heavy (non-hydrogen) atoms. The fraction of sp³-hybridized carbons (Fsp3) is 0.600. The number of carbonyl (C=O) groups is 1. The first-order chi connectivity index (χ1) is 6.40. The van der Waals surface area contributed by atoms with Crippen LogP contribution >= 0.6 is 11.3 Å². The van der Waals surface area contributed by atoms with Gasteiger partial charge in [0.05, 0.1) is 5.51 Å². The number of thiazole rings is 1. The lowest BCUT2D eigenvalue weighted by molar-refractivity contribution is 0.0995. The van der Waals surface area contributed by atoms with E-state index < -0.39 is 5.91 Å². The largest absolute Gasteiger partial charge is 0.364 e. The molecule has 3 nitrogen and oxygen atoms in total. The summed E-state index contributed by atoms with van der Waals surface area (Å²) in [7, 11) is 0. The van der Waals surface area contributed by atoms with Crippen LogP contribution < -0.4 is 5.73 Å². The summed E-state index contributed by atoms with van der Waals surface area (Å²) in [5, 5.41) is 0. The first kappa shape index (κ1) is 11.2. The maximum absolute atomic E-state index is 11.0. The van der Waals surface area contributed by atoms with Crippen molar-refractivity contribution in [3.05, 3.63) is 16.1 Å². The molecule has 1 amide bonds. The molecule has 1 rings (SSSR count). The summed E-state index contributed by atoms with van der Waals surface area (Å²) in [5.41, 5.74) is 7.60. The van der Waals surface area contributed by atoms with Crippen molar-refractivity contribution in [2.24, 2.45) is 11.1 Å². The van der Waals surface area contributed by atoms with Crippen LogP contribution in [-0.2, 0) is 6.42 Å². The standard InChI is InChI=1S/C10H16N2OS/c1-10(2,3)5-4-7-8(9(11)13)12-6-14-7/h6H,4-5H2,1-3H3,(H2,11,13). The number of primary amides is 1. The van der Waals surface area contributed by atoms with Gasteiger partial charge in [-0.15, -0.1) is 11.3 Å². The molecule has 0 bridgehead atoms. The Hall–Kier alpha value is -0.900. The molecule has 0 saturated heterocycles. The smallest absolute Gasteiger partial charge is 0.268 e. The van der Waals surface area contributed by atoms with Crippen molar-refractivity contribution in [3.63, 3.8) is 0 Å². The molecule has 0 aliphatic heterocycles. The SMILES string of the molecule is CC(C)(C)CCc1scnc1C(N)=O. The second-order valence-corrected chi connectivity index (χ2v) is 5.49. The van der Waals surface area contributed by atoms with Crippen LogP contribution in [0.4, 0.5) is 0 Å².